The Morgan fingerprint density at radius 2 is 2.14 bits per heavy atom. The average molecular weight is 303 g/mol. The van der Waals surface area contributed by atoms with E-state index < -0.39 is 0 Å². The zero-order valence-electron chi connectivity index (χ0n) is 13.6. The monoisotopic (exact) mass is 303 g/mol. The Kier molecular flexibility index (Phi) is 5.95. The van der Waals surface area contributed by atoms with E-state index in [1.807, 2.05) is 29.2 Å². The molecule has 1 aromatic heterocycles. The molecule has 1 heterocycles. The maximum absolute atomic E-state index is 12.4. The van der Waals surface area contributed by atoms with Crippen molar-refractivity contribution in [1.82, 2.24) is 14.9 Å². The molecular formula is C17H25N3O2. The van der Waals surface area contributed by atoms with Gasteiger partial charge in [0.2, 0.25) is 5.91 Å². The number of carbonyl (C=O) groups is 1. The molecule has 0 aliphatic rings. The summed E-state index contributed by atoms with van der Waals surface area (Å²) in [5.74, 6) is 1.48. The van der Waals surface area contributed by atoms with Crippen LogP contribution < -0.4 is 0 Å². The molecule has 0 bridgehead atoms. The molecule has 1 aromatic carbocycles. The molecule has 0 fully saturated rings. The number of amides is 1. The van der Waals surface area contributed by atoms with Crippen LogP contribution in [0.25, 0.3) is 11.0 Å². The molecule has 0 atom stereocenters. The van der Waals surface area contributed by atoms with E-state index in [9.17, 15) is 4.79 Å². The fourth-order valence-corrected chi connectivity index (χ4v) is 2.47. The van der Waals surface area contributed by atoms with Gasteiger partial charge in [-0.15, -0.1) is 0 Å². The summed E-state index contributed by atoms with van der Waals surface area (Å²) in [7, 11) is 1.66. The van der Waals surface area contributed by atoms with Crippen LogP contribution >= 0.6 is 0 Å². The Hall–Kier alpha value is -1.88. The zero-order valence-corrected chi connectivity index (χ0v) is 13.6. The van der Waals surface area contributed by atoms with Gasteiger partial charge in [-0.2, -0.15) is 0 Å². The summed E-state index contributed by atoms with van der Waals surface area (Å²) in [6.45, 7) is 6.22. The van der Waals surface area contributed by atoms with E-state index in [1.165, 1.54) is 0 Å². The van der Waals surface area contributed by atoms with Crippen LogP contribution in [0, 0.1) is 5.92 Å². The molecular weight excluding hydrogens is 278 g/mol. The number of aryl methyl sites for hydroxylation is 1. The Bertz CT molecular complexity index is 574. The van der Waals surface area contributed by atoms with Crippen LogP contribution in [0.1, 0.15) is 26.1 Å². The second-order valence-electron chi connectivity index (χ2n) is 5.93. The molecule has 2 rings (SSSR count). The fraction of sp³-hybridized carbons (Fsp3) is 0.529. The molecule has 0 spiro atoms. The number of nitrogens with zero attached hydrogens (tertiary/aromatic N) is 2. The van der Waals surface area contributed by atoms with Gasteiger partial charge in [0.1, 0.15) is 5.82 Å². The highest BCUT2D eigenvalue weighted by atomic mass is 16.5. The minimum absolute atomic E-state index is 0.159. The molecule has 22 heavy (non-hydrogen) atoms. The fourth-order valence-electron chi connectivity index (χ4n) is 2.47. The first-order valence-corrected chi connectivity index (χ1v) is 7.80. The van der Waals surface area contributed by atoms with E-state index >= 15 is 0 Å². The van der Waals surface area contributed by atoms with Crippen molar-refractivity contribution >= 4 is 16.9 Å². The normalized spacial score (nSPS) is 11.3. The molecule has 0 aliphatic carbocycles. The SMILES string of the molecule is COCCN(CC(C)C)C(=O)CCc1nc2ccccc2[nH]1. The first-order chi connectivity index (χ1) is 10.6. The summed E-state index contributed by atoms with van der Waals surface area (Å²) in [6, 6.07) is 7.91. The third-order valence-corrected chi connectivity index (χ3v) is 3.52. The number of fused-ring (bicyclic) bond motifs is 1. The predicted molar refractivity (Wildman–Crippen MR) is 87.7 cm³/mol. The number of H-pyrrole nitrogens is 1. The van der Waals surface area contributed by atoms with Gasteiger partial charge < -0.3 is 14.6 Å². The van der Waals surface area contributed by atoms with Crippen LogP contribution in [-0.4, -0.2) is 47.6 Å². The minimum atomic E-state index is 0.159. The van der Waals surface area contributed by atoms with Gasteiger partial charge >= 0.3 is 0 Å². The van der Waals surface area contributed by atoms with E-state index in [-0.39, 0.29) is 5.91 Å². The van der Waals surface area contributed by atoms with Crippen molar-refractivity contribution < 1.29 is 9.53 Å². The largest absolute Gasteiger partial charge is 0.383 e. The van der Waals surface area contributed by atoms with Crippen LogP contribution in [0.4, 0.5) is 0 Å². The maximum Gasteiger partial charge on any atom is 0.223 e. The number of nitrogens with one attached hydrogen (secondary N) is 1. The van der Waals surface area contributed by atoms with E-state index in [4.69, 9.17) is 4.74 Å². The zero-order chi connectivity index (χ0) is 15.9. The summed E-state index contributed by atoms with van der Waals surface area (Å²) in [6.07, 6.45) is 1.10. The molecule has 0 aliphatic heterocycles. The van der Waals surface area contributed by atoms with Crippen LogP contribution in [-0.2, 0) is 16.0 Å². The van der Waals surface area contributed by atoms with Gasteiger partial charge in [0.15, 0.2) is 0 Å². The lowest BCUT2D eigenvalue weighted by Gasteiger charge is -2.24. The van der Waals surface area contributed by atoms with E-state index in [1.54, 1.807) is 7.11 Å². The highest BCUT2D eigenvalue weighted by molar-refractivity contribution is 5.77. The highest BCUT2D eigenvalue weighted by Gasteiger charge is 2.15. The molecule has 0 saturated heterocycles. The first kappa shape index (κ1) is 16.5. The number of para-hydroxylation sites is 2. The topological polar surface area (TPSA) is 58.2 Å². The molecule has 0 unspecified atom stereocenters. The lowest BCUT2D eigenvalue weighted by atomic mass is 10.2. The van der Waals surface area contributed by atoms with Gasteiger partial charge in [-0.25, -0.2) is 4.98 Å². The molecule has 5 heteroatoms. The van der Waals surface area contributed by atoms with Crippen LogP contribution in [0.2, 0.25) is 0 Å². The Morgan fingerprint density at radius 1 is 1.36 bits per heavy atom. The number of ether oxygens (including phenoxy) is 1. The van der Waals surface area contributed by atoms with Crippen molar-refractivity contribution in [1.29, 1.82) is 0 Å². The second-order valence-corrected chi connectivity index (χ2v) is 5.93. The molecule has 5 nitrogen and oxygen atoms in total. The molecule has 0 saturated carbocycles. The summed E-state index contributed by atoms with van der Waals surface area (Å²) < 4.78 is 5.09. The van der Waals surface area contributed by atoms with Gasteiger partial charge in [-0.05, 0) is 18.1 Å². The quantitative estimate of drug-likeness (QED) is 0.815. The van der Waals surface area contributed by atoms with Gasteiger partial charge in [0.05, 0.1) is 17.6 Å². The summed E-state index contributed by atoms with van der Waals surface area (Å²) in [5.41, 5.74) is 1.96. The lowest BCUT2D eigenvalue weighted by molar-refractivity contribution is -0.132. The summed E-state index contributed by atoms with van der Waals surface area (Å²) in [4.78, 5) is 22.1. The van der Waals surface area contributed by atoms with Crippen molar-refractivity contribution in [2.24, 2.45) is 5.92 Å². The van der Waals surface area contributed by atoms with Gasteiger partial charge in [-0.3, -0.25) is 4.79 Å². The minimum Gasteiger partial charge on any atom is -0.383 e. The number of rotatable bonds is 8. The van der Waals surface area contributed by atoms with E-state index in [0.717, 1.165) is 23.4 Å². The summed E-state index contributed by atoms with van der Waals surface area (Å²) >= 11 is 0. The summed E-state index contributed by atoms with van der Waals surface area (Å²) in [5, 5.41) is 0. The number of benzene rings is 1. The van der Waals surface area contributed by atoms with Gasteiger partial charge in [-0.1, -0.05) is 26.0 Å². The van der Waals surface area contributed by atoms with Crippen molar-refractivity contribution in [2.75, 3.05) is 26.8 Å². The number of aromatic nitrogens is 2. The third kappa shape index (κ3) is 4.56. The van der Waals surface area contributed by atoms with Crippen molar-refractivity contribution in [3.63, 3.8) is 0 Å². The van der Waals surface area contributed by atoms with E-state index in [2.05, 4.69) is 23.8 Å². The Labute approximate surface area is 131 Å². The lowest BCUT2D eigenvalue weighted by Crippen LogP contribution is -2.36. The van der Waals surface area contributed by atoms with Gasteiger partial charge in [0.25, 0.3) is 0 Å². The molecule has 2 aromatic rings. The highest BCUT2D eigenvalue weighted by Crippen LogP contribution is 2.12. The van der Waals surface area contributed by atoms with Crippen molar-refractivity contribution in [3.8, 4) is 0 Å². The Balaban J connectivity index is 1.93. The Morgan fingerprint density at radius 3 is 2.82 bits per heavy atom. The number of carbonyl (C=O) groups excluding carboxylic acids is 1. The van der Waals surface area contributed by atoms with Crippen molar-refractivity contribution in [3.05, 3.63) is 30.1 Å². The van der Waals surface area contributed by atoms with E-state index in [0.29, 0.717) is 31.9 Å². The van der Waals surface area contributed by atoms with Gasteiger partial charge in [0, 0.05) is 33.0 Å². The number of hydrogen-bond donors (Lipinski definition) is 1. The molecule has 0 radical (unpaired) electrons. The number of aromatic amines is 1. The predicted octanol–water partition coefficient (Wildman–Crippen LogP) is 2.63. The van der Waals surface area contributed by atoms with Crippen LogP contribution in [0.5, 0.6) is 0 Å². The van der Waals surface area contributed by atoms with Crippen LogP contribution in [0.15, 0.2) is 24.3 Å². The smallest absolute Gasteiger partial charge is 0.223 e. The average Bonchev–Trinajstić information content (AvgIpc) is 2.91. The van der Waals surface area contributed by atoms with Crippen LogP contribution in [0.3, 0.4) is 0 Å². The maximum atomic E-state index is 12.4. The van der Waals surface area contributed by atoms with Crippen molar-refractivity contribution in [2.45, 2.75) is 26.7 Å². The standard InChI is InChI=1S/C17H25N3O2/c1-13(2)12-20(10-11-22-3)17(21)9-8-16-18-14-6-4-5-7-15(14)19-16/h4-7,13H,8-12H2,1-3H3,(H,18,19). The second kappa shape index (κ2) is 7.94. The number of imidazole rings is 1. The first-order valence-electron chi connectivity index (χ1n) is 7.80. The number of hydrogen-bond acceptors (Lipinski definition) is 3. The molecule has 120 valence electrons. The third-order valence-electron chi connectivity index (χ3n) is 3.52. The number of methoxy groups -OCH3 is 1. The molecule has 1 N–H and O–H groups in total. The molecule has 1 amide bonds.